The molecule has 0 bridgehead atoms. The van der Waals surface area contributed by atoms with Gasteiger partial charge in [-0.25, -0.2) is 0 Å². The number of ketones is 1. The van der Waals surface area contributed by atoms with E-state index < -0.39 is 17.7 Å². The van der Waals surface area contributed by atoms with E-state index in [1.807, 2.05) is 0 Å². The number of ether oxygens (including phenoxy) is 2. The Hall–Kier alpha value is -3.97. The predicted octanol–water partition coefficient (Wildman–Crippen LogP) is 5.00. The van der Waals surface area contributed by atoms with E-state index >= 15 is 0 Å². The molecule has 34 heavy (non-hydrogen) atoms. The number of para-hydroxylation sites is 1. The molecule has 3 aromatic rings. The van der Waals surface area contributed by atoms with Crippen molar-refractivity contribution in [3.05, 3.63) is 87.9 Å². The van der Waals surface area contributed by atoms with Crippen molar-refractivity contribution in [2.75, 3.05) is 19.1 Å². The van der Waals surface area contributed by atoms with Crippen molar-refractivity contribution >= 4 is 34.7 Å². The zero-order valence-electron chi connectivity index (χ0n) is 18.7. The number of carbonyl (C=O) groups excluding carboxylic acids is 2. The van der Waals surface area contributed by atoms with Crippen molar-refractivity contribution < 1.29 is 29.3 Å². The first kappa shape index (κ1) is 23.2. The summed E-state index contributed by atoms with van der Waals surface area (Å²) in [5.41, 5.74) is 1.83. The van der Waals surface area contributed by atoms with Gasteiger partial charge in [0.25, 0.3) is 11.7 Å². The fraction of sp³-hybridized carbons (Fsp3) is 0.154. The van der Waals surface area contributed by atoms with Crippen LogP contribution >= 0.6 is 11.6 Å². The van der Waals surface area contributed by atoms with Crippen LogP contribution in [0.4, 0.5) is 5.69 Å². The van der Waals surface area contributed by atoms with E-state index in [-0.39, 0.29) is 27.9 Å². The largest absolute Gasteiger partial charge is 0.507 e. The molecule has 0 aromatic heterocycles. The number of Topliss-reactive ketones (excluding diaryl/α,β-unsaturated/α-hetero) is 1. The highest BCUT2D eigenvalue weighted by Crippen LogP contribution is 2.46. The molecule has 0 aliphatic carbocycles. The van der Waals surface area contributed by atoms with Crippen LogP contribution in [0.5, 0.6) is 17.2 Å². The summed E-state index contributed by atoms with van der Waals surface area (Å²) in [5.74, 6) is -1.56. The molecule has 1 amide bonds. The van der Waals surface area contributed by atoms with Gasteiger partial charge in [0.05, 0.1) is 30.9 Å². The maximum atomic E-state index is 13.3. The van der Waals surface area contributed by atoms with Crippen molar-refractivity contribution in [3.63, 3.8) is 0 Å². The van der Waals surface area contributed by atoms with Crippen molar-refractivity contribution in [1.82, 2.24) is 0 Å². The lowest BCUT2D eigenvalue weighted by Gasteiger charge is -2.26. The SMILES string of the molecule is COc1ccc(/C(O)=C2\C(=O)C(=O)N(c3ccccc3)C2c2cc(Cl)c(O)c(OC)c2)cc1C. The fourth-order valence-electron chi connectivity index (χ4n) is 4.09. The number of benzene rings is 3. The third-order valence-corrected chi connectivity index (χ3v) is 6.02. The number of aliphatic hydroxyl groups excluding tert-OH is 1. The number of halogens is 1. The van der Waals surface area contributed by atoms with Crippen molar-refractivity contribution in [3.8, 4) is 17.2 Å². The van der Waals surface area contributed by atoms with Gasteiger partial charge in [-0.3, -0.25) is 14.5 Å². The maximum Gasteiger partial charge on any atom is 0.300 e. The molecule has 0 saturated carbocycles. The monoisotopic (exact) mass is 479 g/mol. The Morgan fingerprint density at radius 1 is 0.971 bits per heavy atom. The minimum atomic E-state index is -1.02. The van der Waals surface area contributed by atoms with Gasteiger partial charge in [-0.05, 0) is 60.5 Å². The quantitative estimate of drug-likeness (QED) is 0.304. The van der Waals surface area contributed by atoms with E-state index in [0.29, 0.717) is 22.6 Å². The van der Waals surface area contributed by atoms with E-state index in [1.54, 1.807) is 55.5 Å². The number of rotatable bonds is 5. The summed E-state index contributed by atoms with van der Waals surface area (Å²) in [6, 6.07) is 15.5. The summed E-state index contributed by atoms with van der Waals surface area (Å²) in [5, 5.41) is 21.5. The smallest absolute Gasteiger partial charge is 0.300 e. The molecular weight excluding hydrogens is 458 g/mol. The lowest BCUT2D eigenvalue weighted by Crippen LogP contribution is -2.29. The number of aryl methyl sites for hydroxylation is 1. The van der Waals surface area contributed by atoms with Gasteiger partial charge in [-0.1, -0.05) is 29.8 Å². The summed E-state index contributed by atoms with van der Waals surface area (Å²) in [6.45, 7) is 1.81. The van der Waals surface area contributed by atoms with Crippen LogP contribution in [-0.2, 0) is 9.59 Å². The molecule has 2 N–H and O–H groups in total. The van der Waals surface area contributed by atoms with Crippen LogP contribution in [-0.4, -0.2) is 36.1 Å². The van der Waals surface area contributed by atoms with Crippen LogP contribution in [0.3, 0.4) is 0 Å². The number of phenols is 1. The molecule has 4 rings (SSSR count). The molecule has 7 nitrogen and oxygen atoms in total. The van der Waals surface area contributed by atoms with Crippen molar-refractivity contribution in [2.24, 2.45) is 0 Å². The van der Waals surface area contributed by atoms with Crippen LogP contribution in [0.15, 0.2) is 66.2 Å². The number of hydrogen-bond acceptors (Lipinski definition) is 6. The number of phenolic OH excluding ortho intramolecular Hbond substituents is 1. The zero-order valence-corrected chi connectivity index (χ0v) is 19.5. The van der Waals surface area contributed by atoms with Crippen LogP contribution in [0.25, 0.3) is 5.76 Å². The minimum Gasteiger partial charge on any atom is -0.507 e. The highest BCUT2D eigenvalue weighted by Gasteiger charge is 2.47. The number of aliphatic hydroxyl groups is 1. The Kier molecular flexibility index (Phi) is 6.22. The lowest BCUT2D eigenvalue weighted by molar-refractivity contribution is -0.132. The van der Waals surface area contributed by atoms with Crippen LogP contribution < -0.4 is 14.4 Å². The van der Waals surface area contributed by atoms with Crippen LogP contribution in [0.1, 0.15) is 22.7 Å². The molecule has 8 heteroatoms. The third-order valence-electron chi connectivity index (χ3n) is 5.73. The van der Waals surface area contributed by atoms with Gasteiger partial charge in [0.15, 0.2) is 11.5 Å². The molecule has 1 atom stereocenters. The standard InChI is InChI=1S/C26H22ClNO6/c1-14-11-15(9-10-19(14)33-2)23(29)21-22(16-12-18(27)24(30)20(13-16)34-3)28(26(32)25(21)31)17-7-5-4-6-8-17/h4-13,22,29-30H,1-3H3/b23-21+. The van der Waals surface area contributed by atoms with Crippen molar-refractivity contribution in [1.29, 1.82) is 0 Å². The molecule has 0 spiro atoms. The summed E-state index contributed by atoms with van der Waals surface area (Å²) in [7, 11) is 2.90. The van der Waals surface area contributed by atoms with Crippen LogP contribution in [0.2, 0.25) is 5.02 Å². The highest BCUT2D eigenvalue weighted by atomic mass is 35.5. The number of amides is 1. The van der Waals surface area contributed by atoms with Gasteiger partial charge in [0, 0.05) is 11.3 Å². The summed E-state index contributed by atoms with van der Waals surface area (Å²) >= 11 is 6.23. The van der Waals surface area contributed by atoms with Gasteiger partial charge in [0.1, 0.15) is 11.5 Å². The van der Waals surface area contributed by atoms with Gasteiger partial charge < -0.3 is 19.7 Å². The number of anilines is 1. The predicted molar refractivity (Wildman–Crippen MR) is 129 cm³/mol. The average molecular weight is 480 g/mol. The second-order valence-electron chi connectivity index (χ2n) is 7.74. The average Bonchev–Trinajstić information content (AvgIpc) is 3.11. The van der Waals surface area contributed by atoms with E-state index in [0.717, 1.165) is 5.56 Å². The second-order valence-corrected chi connectivity index (χ2v) is 8.15. The maximum absolute atomic E-state index is 13.3. The van der Waals surface area contributed by atoms with Crippen molar-refractivity contribution in [2.45, 2.75) is 13.0 Å². The number of aromatic hydroxyl groups is 1. The molecular formula is C26H22ClNO6. The van der Waals surface area contributed by atoms with E-state index in [1.165, 1.54) is 31.3 Å². The highest BCUT2D eigenvalue weighted by molar-refractivity contribution is 6.51. The van der Waals surface area contributed by atoms with E-state index in [4.69, 9.17) is 21.1 Å². The number of hydrogen-bond donors (Lipinski definition) is 2. The third kappa shape index (κ3) is 3.84. The topological polar surface area (TPSA) is 96.3 Å². The Morgan fingerprint density at radius 3 is 2.26 bits per heavy atom. The molecule has 1 heterocycles. The molecule has 1 aliphatic heterocycles. The normalized spacial score (nSPS) is 17.2. The first-order valence-electron chi connectivity index (χ1n) is 10.4. The zero-order chi connectivity index (χ0) is 24.6. The molecule has 1 unspecified atom stereocenters. The van der Waals surface area contributed by atoms with Crippen LogP contribution in [0, 0.1) is 6.92 Å². The van der Waals surface area contributed by atoms with E-state index in [2.05, 4.69) is 0 Å². The lowest BCUT2D eigenvalue weighted by atomic mass is 9.94. The minimum absolute atomic E-state index is 0.0201. The Morgan fingerprint density at radius 2 is 1.65 bits per heavy atom. The molecule has 174 valence electrons. The first-order chi connectivity index (χ1) is 16.3. The van der Waals surface area contributed by atoms with Gasteiger partial charge in [-0.15, -0.1) is 0 Å². The molecule has 1 aliphatic rings. The Labute approximate surface area is 201 Å². The number of carbonyl (C=O) groups is 2. The summed E-state index contributed by atoms with van der Waals surface area (Å²) in [6.07, 6.45) is 0. The Bertz CT molecular complexity index is 1320. The van der Waals surface area contributed by atoms with E-state index in [9.17, 15) is 19.8 Å². The molecule has 3 aromatic carbocycles. The number of methoxy groups -OCH3 is 2. The summed E-state index contributed by atoms with van der Waals surface area (Å²) < 4.78 is 10.5. The molecule has 1 fully saturated rings. The fourth-order valence-corrected chi connectivity index (χ4v) is 4.31. The first-order valence-corrected chi connectivity index (χ1v) is 10.7. The molecule has 1 saturated heterocycles. The van der Waals surface area contributed by atoms with Gasteiger partial charge in [-0.2, -0.15) is 0 Å². The van der Waals surface area contributed by atoms with Gasteiger partial charge >= 0.3 is 0 Å². The second kappa shape index (κ2) is 9.11. The number of nitrogens with zero attached hydrogens (tertiary/aromatic N) is 1. The van der Waals surface area contributed by atoms with Gasteiger partial charge in [0.2, 0.25) is 0 Å². The summed E-state index contributed by atoms with van der Waals surface area (Å²) in [4.78, 5) is 27.8. The Balaban J connectivity index is 1.99. The molecule has 0 radical (unpaired) electrons.